The molecule has 27 heavy (non-hydrogen) atoms. The number of fused-ring (bicyclic) bond motifs is 1. The highest BCUT2D eigenvalue weighted by Crippen LogP contribution is 2.32. The topological polar surface area (TPSA) is 69.8 Å². The summed E-state index contributed by atoms with van der Waals surface area (Å²) in [5.74, 6) is 0. The van der Waals surface area contributed by atoms with Crippen LogP contribution in [-0.4, -0.2) is 27.5 Å². The molecule has 1 aromatic carbocycles. The average molecular weight is 380 g/mol. The van der Waals surface area contributed by atoms with Gasteiger partial charge in [0, 0.05) is 36.7 Å². The first-order valence-corrected chi connectivity index (χ1v) is 10.0. The Labute approximate surface area is 158 Å². The van der Waals surface area contributed by atoms with Crippen molar-refractivity contribution in [2.24, 2.45) is 7.05 Å². The fraction of sp³-hybridized carbons (Fsp3) is 0.200. The van der Waals surface area contributed by atoms with Crippen LogP contribution in [0.15, 0.2) is 59.0 Å². The van der Waals surface area contributed by atoms with Crippen LogP contribution in [0.3, 0.4) is 0 Å². The molecular formula is C20H20N4O2S. The van der Waals surface area contributed by atoms with E-state index in [9.17, 15) is 8.42 Å². The largest absolute Gasteiger partial charge is 0.334 e. The van der Waals surface area contributed by atoms with Gasteiger partial charge >= 0.3 is 0 Å². The minimum atomic E-state index is -3.68. The smallest absolute Gasteiger partial charge is 0.209 e. The van der Waals surface area contributed by atoms with Gasteiger partial charge in [-0.1, -0.05) is 0 Å². The molecule has 4 rings (SSSR count). The number of hydrogen-bond donors (Lipinski definition) is 0. The van der Waals surface area contributed by atoms with Crippen LogP contribution in [-0.2, 0) is 16.9 Å². The standard InChI is InChI=1S/C20H20N4O2S/c1-13-7-8-21-20-19(13)18(11-23(20)4)27(25,26)17-6-5-16(9-14(17)2)24-10-15(3)22-12-24/h5-12H,1-4H3. The van der Waals surface area contributed by atoms with E-state index in [2.05, 4.69) is 9.97 Å². The molecule has 4 aromatic rings. The highest BCUT2D eigenvalue weighted by Gasteiger charge is 2.26. The third kappa shape index (κ3) is 2.75. The van der Waals surface area contributed by atoms with Gasteiger partial charge in [-0.25, -0.2) is 18.4 Å². The van der Waals surface area contributed by atoms with Crippen molar-refractivity contribution in [3.63, 3.8) is 0 Å². The van der Waals surface area contributed by atoms with Gasteiger partial charge in [0.15, 0.2) is 0 Å². The van der Waals surface area contributed by atoms with Crippen molar-refractivity contribution in [1.29, 1.82) is 0 Å². The molecule has 0 bridgehead atoms. The molecule has 0 aliphatic carbocycles. The molecule has 3 heterocycles. The van der Waals surface area contributed by atoms with E-state index < -0.39 is 9.84 Å². The number of imidazole rings is 1. The lowest BCUT2D eigenvalue weighted by molar-refractivity contribution is 0.596. The van der Waals surface area contributed by atoms with Crippen LogP contribution in [0.4, 0.5) is 0 Å². The zero-order chi connectivity index (χ0) is 19.3. The Morgan fingerprint density at radius 1 is 0.926 bits per heavy atom. The van der Waals surface area contributed by atoms with E-state index in [4.69, 9.17) is 0 Å². The number of benzene rings is 1. The van der Waals surface area contributed by atoms with E-state index in [-0.39, 0.29) is 0 Å². The Kier molecular flexibility index (Phi) is 3.92. The normalized spacial score (nSPS) is 12.0. The van der Waals surface area contributed by atoms with E-state index in [0.29, 0.717) is 26.4 Å². The van der Waals surface area contributed by atoms with E-state index >= 15 is 0 Å². The Balaban J connectivity index is 1.88. The summed E-state index contributed by atoms with van der Waals surface area (Å²) in [7, 11) is -1.87. The van der Waals surface area contributed by atoms with E-state index in [0.717, 1.165) is 16.9 Å². The second-order valence-corrected chi connectivity index (χ2v) is 8.69. The van der Waals surface area contributed by atoms with E-state index in [1.165, 1.54) is 0 Å². The predicted octanol–water partition coefficient (Wildman–Crippen LogP) is 3.52. The SMILES string of the molecule is Cc1cn(-c2ccc(S(=O)(=O)c3cn(C)c4nccc(C)c34)c(C)c2)cn1. The quantitative estimate of drug-likeness (QED) is 0.545. The molecule has 0 saturated heterocycles. The van der Waals surface area contributed by atoms with Gasteiger partial charge < -0.3 is 9.13 Å². The maximum Gasteiger partial charge on any atom is 0.209 e. The van der Waals surface area contributed by atoms with Crippen molar-refractivity contribution in [3.05, 3.63) is 66.0 Å². The minimum absolute atomic E-state index is 0.292. The predicted molar refractivity (Wildman–Crippen MR) is 104 cm³/mol. The Morgan fingerprint density at radius 2 is 1.70 bits per heavy atom. The highest BCUT2D eigenvalue weighted by atomic mass is 32.2. The summed E-state index contributed by atoms with van der Waals surface area (Å²) in [6.07, 6.45) is 6.97. The summed E-state index contributed by atoms with van der Waals surface area (Å²) in [5, 5.41) is 0.675. The number of aryl methyl sites for hydroxylation is 4. The van der Waals surface area contributed by atoms with Crippen LogP contribution in [0.25, 0.3) is 16.7 Å². The Morgan fingerprint density at radius 3 is 2.37 bits per heavy atom. The van der Waals surface area contributed by atoms with Gasteiger partial charge in [-0.2, -0.15) is 0 Å². The van der Waals surface area contributed by atoms with E-state index in [1.807, 2.05) is 50.7 Å². The van der Waals surface area contributed by atoms with Gasteiger partial charge in [0.25, 0.3) is 0 Å². The Bertz CT molecular complexity index is 1280. The number of aromatic nitrogens is 4. The Hall–Kier alpha value is -2.93. The summed E-state index contributed by atoms with van der Waals surface area (Å²) >= 11 is 0. The molecule has 0 radical (unpaired) electrons. The molecular weight excluding hydrogens is 360 g/mol. The summed E-state index contributed by atoms with van der Waals surface area (Å²) in [6, 6.07) is 7.17. The maximum atomic E-state index is 13.4. The summed E-state index contributed by atoms with van der Waals surface area (Å²) in [6.45, 7) is 5.63. The van der Waals surface area contributed by atoms with Crippen molar-refractivity contribution >= 4 is 20.9 Å². The first-order valence-electron chi connectivity index (χ1n) is 8.56. The molecule has 138 valence electrons. The maximum absolute atomic E-state index is 13.4. The average Bonchev–Trinajstić information content (AvgIpc) is 3.20. The van der Waals surface area contributed by atoms with Crippen LogP contribution in [0.5, 0.6) is 0 Å². The molecule has 6 nitrogen and oxygen atoms in total. The zero-order valence-electron chi connectivity index (χ0n) is 15.6. The molecule has 0 unspecified atom stereocenters. The monoisotopic (exact) mass is 380 g/mol. The third-order valence-electron chi connectivity index (χ3n) is 4.78. The van der Waals surface area contributed by atoms with Crippen molar-refractivity contribution in [2.45, 2.75) is 30.6 Å². The zero-order valence-corrected chi connectivity index (χ0v) is 16.4. The molecule has 0 aliphatic heterocycles. The van der Waals surface area contributed by atoms with Crippen LogP contribution in [0.1, 0.15) is 16.8 Å². The molecule has 0 N–H and O–H groups in total. The molecule has 0 amide bonds. The molecule has 0 atom stereocenters. The number of pyridine rings is 1. The second kappa shape index (κ2) is 6.06. The second-order valence-electron chi connectivity index (χ2n) is 6.81. The first-order chi connectivity index (χ1) is 12.8. The minimum Gasteiger partial charge on any atom is -0.334 e. The summed E-state index contributed by atoms with van der Waals surface area (Å²) in [4.78, 5) is 9.16. The van der Waals surface area contributed by atoms with E-state index in [1.54, 1.807) is 35.4 Å². The van der Waals surface area contributed by atoms with Gasteiger partial charge in [0.2, 0.25) is 9.84 Å². The van der Waals surface area contributed by atoms with Gasteiger partial charge in [-0.05, 0) is 56.2 Å². The lowest BCUT2D eigenvalue weighted by atomic mass is 10.2. The lowest BCUT2D eigenvalue weighted by Crippen LogP contribution is -2.05. The molecule has 3 aromatic heterocycles. The third-order valence-corrected chi connectivity index (χ3v) is 6.70. The van der Waals surface area contributed by atoms with Gasteiger partial charge in [0.05, 0.1) is 21.8 Å². The summed E-state index contributed by atoms with van der Waals surface area (Å²) < 4.78 is 30.5. The first kappa shape index (κ1) is 17.5. The highest BCUT2D eigenvalue weighted by molar-refractivity contribution is 7.91. The van der Waals surface area contributed by atoms with Gasteiger partial charge in [-0.3, -0.25) is 0 Å². The molecule has 0 fully saturated rings. The van der Waals surface area contributed by atoms with Crippen LogP contribution in [0, 0.1) is 20.8 Å². The van der Waals surface area contributed by atoms with Crippen molar-refractivity contribution in [2.75, 3.05) is 0 Å². The van der Waals surface area contributed by atoms with Crippen molar-refractivity contribution in [1.82, 2.24) is 19.1 Å². The molecule has 0 spiro atoms. The molecule has 0 aliphatic rings. The number of nitrogens with zero attached hydrogens (tertiary/aromatic N) is 4. The molecule has 7 heteroatoms. The van der Waals surface area contributed by atoms with Crippen LogP contribution in [0.2, 0.25) is 0 Å². The van der Waals surface area contributed by atoms with Gasteiger partial charge in [0.1, 0.15) is 5.65 Å². The van der Waals surface area contributed by atoms with Crippen molar-refractivity contribution < 1.29 is 8.42 Å². The lowest BCUT2D eigenvalue weighted by Gasteiger charge is -2.10. The fourth-order valence-corrected chi connectivity index (χ4v) is 5.18. The fourth-order valence-electron chi connectivity index (χ4n) is 3.40. The van der Waals surface area contributed by atoms with Crippen LogP contribution < -0.4 is 0 Å². The number of rotatable bonds is 3. The van der Waals surface area contributed by atoms with Gasteiger partial charge in [-0.15, -0.1) is 0 Å². The van der Waals surface area contributed by atoms with Crippen LogP contribution >= 0.6 is 0 Å². The number of sulfone groups is 1. The summed E-state index contributed by atoms with van der Waals surface area (Å²) in [5.41, 5.74) is 4.03. The molecule has 0 saturated carbocycles. The number of hydrogen-bond acceptors (Lipinski definition) is 4. The van der Waals surface area contributed by atoms with Crippen molar-refractivity contribution in [3.8, 4) is 5.69 Å².